The van der Waals surface area contributed by atoms with E-state index in [1.807, 2.05) is 4.90 Å². The Hall–Kier alpha value is -1.54. The highest BCUT2D eigenvalue weighted by Crippen LogP contribution is 2.37. The van der Waals surface area contributed by atoms with Gasteiger partial charge in [0, 0.05) is 19.2 Å². The molecule has 23 heavy (non-hydrogen) atoms. The number of piperidine rings is 1. The minimum atomic E-state index is -0.801. The molecular weight excluding hydrogens is 391 g/mol. The summed E-state index contributed by atoms with van der Waals surface area (Å²) >= 11 is 8.86. The van der Waals surface area contributed by atoms with Crippen molar-refractivity contribution in [2.45, 2.75) is 19.8 Å². The molecule has 1 atom stereocenters. The van der Waals surface area contributed by atoms with Crippen molar-refractivity contribution in [3.05, 3.63) is 31.8 Å². The van der Waals surface area contributed by atoms with Gasteiger partial charge in [-0.1, -0.05) is 6.92 Å². The fraction of sp³-hybridized carbons (Fsp3) is 0.429. The molecule has 6 nitrogen and oxygen atoms in total. The van der Waals surface area contributed by atoms with E-state index in [0.717, 1.165) is 25.9 Å². The van der Waals surface area contributed by atoms with Gasteiger partial charge in [0.25, 0.3) is 5.69 Å². The van der Waals surface area contributed by atoms with Gasteiger partial charge in [-0.15, -0.1) is 0 Å². The summed E-state index contributed by atoms with van der Waals surface area (Å²) in [7, 11) is 0. The highest BCUT2D eigenvalue weighted by molar-refractivity contribution is 9.10. The molecule has 1 saturated heterocycles. The summed E-state index contributed by atoms with van der Waals surface area (Å²) in [5, 5.41) is 11.4. The molecule has 0 bridgehead atoms. The Bertz CT molecular complexity index is 804. The zero-order chi connectivity index (χ0) is 16.7. The number of rotatable bonds is 2. The van der Waals surface area contributed by atoms with Gasteiger partial charge in [-0.25, -0.2) is 9.37 Å². The molecule has 1 aromatic carbocycles. The van der Waals surface area contributed by atoms with Crippen molar-refractivity contribution in [2.75, 3.05) is 18.0 Å². The van der Waals surface area contributed by atoms with Crippen LogP contribution in [-0.4, -0.2) is 28.0 Å². The van der Waals surface area contributed by atoms with E-state index in [1.54, 1.807) is 0 Å². The molecule has 0 aliphatic carbocycles. The molecule has 0 spiro atoms. The van der Waals surface area contributed by atoms with E-state index in [2.05, 4.69) is 32.8 Å². The van der Waals surface area contributed by atoms with Crippen molar-refractivity contribution in [1.29, 1.82) is 0 Å². The Kier molecular flexibility index (Phi) is 4.37. The van der Waals surface area contributed by atoms with Gasteiger partial charge in [-0.2, -0.15) is 4.98 Å². The number of halogens is 3. The minimum absolute atomic E-state index is 0.0179. The van der Waals surface area contributed by atoms with Crippen molar-refractivity contribution < 1.29 is 9.31 Å². The lowest BCUT2D eigenvalue weighted by atomic mass is 10.00. The van der Waals surface area contributed by atoms with Crippen LogP contribution in [0.15, 0.2) is 10.5 Å². The van der Waals surface area contributed by atoms with E-state index in [-0.39, 0.29) is 21.0 Å². The number of aromatic nitrogens is 2. The van der Waals surface area contributed by atoms with E-state index in [1.165, 1.54) is 6.07 Å². The summed E-state index contributed by atoms with van der Waals surface area (Å²) in [4.78, 5) is 20.6. The molecular formula is C14H13BrClFN4O2. The third kappa shape index (κ3) is 2.97. The van der Waals surface area contributed by atoms with E-state index in [9.17, 15) is 14.5 Å². The first-order chi connectivity index (χ1) is 10.9. The van der Waals surface area contributed by atoms with Crippen LogP contribution in [0.3, 0.4) is 0 Å². The number of hydrogen-bond acceptors (Lipinski definition) is 5. The lowest BCUT2D eigenvalue weighted by Gasteiger charge is -2.32. The summed E-state index contributed by atoms with van der Waals surface area (Å²) < 4.78 is 14.3. The molecule has 1 aliphatic heterocycles. The highest BCUT2D eigenvalue weighted by Gasteiger charge is 2.26. The first-order valence-corrected chi connectivity index (χ1v) is 8.30. The van der Waals surface area contributed by atoms with Gasteiger partial charge >= 0.3 is 0 Å². The molecule has 3 rings (SSSR count). The Balaban J connectivity index is 2.26. The number of nitro benzene ring substituents is 1. The number of hydrogen-bond donors (Lipinski definition) is 0. The molecule has 122 valence electrons. The number of benzene rings is 1. The van der Waals surface area contributed by atoms with Crippen LogP contribution in [0.1, 0.15) is 19.8 Å². The summed E-state index contributed by atoms with van der Waals surface area (Å²) in [6.07, 6.45) is 2.08. The van der Waals surface area contributed by atoms with Gasteiger partial charge in [0.2, 0.25) is 5.28 Å². The number of anilines is 1. The Morgan fingerprint density at radius 2 is 2.26 bits per heavy atom. The molecule has 2 aromatic rings. The van der Waals surface area contributed by atoms with E-state index >= 15 is 0 Å². The van der Waals surface area contributed by atoms with Crippen LogP contribution in [0.4, 0.5) is 15.9 Å². The van der Waals surface area contributed by atoms with Crippen LogP contribution in [0.25, 0.3) is 10.9 Å². The molecule has 0 saturated carbocycles. The maximum Gasteiger partial charge on any atom is 0.287 e. The van der Waals surface area contributed by atoms with Crippen molar-refractivity contribution in [2.24, 2.45) is 5.92 Å². The molecule has 9 heteroatoms. The van der Waals surface area contributed by atoms with E-state index < -0.39 is 10.7 Å². The zero-order valence-corrected chi connectivity index (χ0v) is 14.6. The van der Waals surface area contributed by atoms with Gasteiger partial charge in [-0.3, -0.25) is 10.1 Å². The van der Waals surface area contributed by atoms with E-state index in [0.29, 0.717) is 17.1 Å². The molecule has 1 fully saturated rings. The first-order valence-electron chi connectivity index (χ1n) is 7.13. The Labute approximate surface area is 144 Å². The lowest BCUT2D eigenvalue weighted by molar-refractivity contribution is -0.385. The molecule has 0 radical (unpaired) electrons. The number of nitrogens with zero attached hydrogens (tertiary/aromatic N) is 4. The van der Waals surface area contributed by atoms with Crippen molar-refractivity contribution in [3.8, 4) is 0 Å². The quantitative estimate of drug-likeness (QED) is 0.424. The number of nitro groups is 1. The average Bonchev–Trinajstić information content (AvgIpc) is 2.50. The summed E-state index contributed by atoms with van der Waals surface area (Å²) in [5.41, 5.74) is -0.372. The predicted octanol–water partition coefficient (Wildman–Crippen LogP) is 4.33. The van der Waals surface area contributed by atoms with Gasteiger partial charge in [-0.05, 0) is 46.3 Å². The number of fused-ring (bicyclic) bond motifs is 1. The van der Waals surface area contributed by atoms with E-state index in [4.69, 9.17) is 11.6 Å². The maximum atomic E-state index is 14.5. The normalized spacial score (nSPS) is 18.4. The fourth-order valence-electron chi connectivity index (χ4n) is 2.90. The summed E-state index contributed by atoms with van der Waals surface area (Å²) in [5.74, 6) is 0.105. The summed E-state index contributed by atoms with van der Waals surface area (Å²) in [6.45, 7) is 3.61. The fourth-order valence-corrected chi connectivity index (χ4v) is 3.51. The highest BCUT2D eigenvalue weighted by atomic mass is 79.9. The second-order valence-electron chi connectivity index (χ2n) is 5.69. The second kappa shape index (κ2) is 6.16. The van der Waals surface area contributed by atoms with Crippen LogP contribution in [0.2, 0.25) is 5.28 Å². The molecule has 2 heterocycles. The molecule has 0 N–H and O–H groups in total. The minimum Gasteiger partial charge on any atom is -0.356 e. The van der Waals surface area contributed by atoms with Gasteiger partial charge in [0.1, 0.15) is 15.8 Å². The molecule has 0 unspecified atom stereocenters. The van der Waals surface area contributed by atoms with Gasteiger partial charge in [0.15, 0.2) is 5.82 Å². The topological polar surface area (TPSA) is 72.2 Å². The lowest BCUT2D eigenvalue weighted by Crippen LogP contribution is -2.35. The van der Waals surface area contributed by atoms with Crippen molar-refractivity contribution >= 4 is 49.9 Å². The van der Waals surface area contributed by atoms with Crippen LogP contribution in [0.5, 0.6) is 0 Å². The van der Waals surface area contributed by atoms with Gasteiger partial charge < -0.3 is 4.90 Å². The molecule has 1 aromatic heterocycles. The summed E-state index contributed by atoms with van der Waals surface area (Å²) in [6, 6.07) is 1.30. The molecule has 1 aliphatic rings. The SMILES string of the molecule is C[C@@H]1CCCN(c2nc(Cl)nc3c(F)c(Br)c([N+](=O)[O-])cc23)C1. The second-order valence-corrected chi connectivity index (χ2v) is 6.82. The van der Waals surface area contributed by atoms with Crippen LogP contribution in [-0.2, 0) is 0 Å². The third-order valence-corrected chi connectivity index (χ3v) is 4.88. The zero-order valence-electron chi connectivity index (χ0n) is 12.2. The maximum absolute atomic E-state index is 14.5. The molecule has 0 amide bonds. The monoisotopic (exact) mass is 402 g/mol. The Morgan fingerprint density at radius 3 is 2.91 bits per heavy atom. The Morgan fingerprint density at radius 1 is 1.52 bits per heavy atom. The van der Waals surface area contributed by atoms with Crippen LogP contribution < -0.4 is 4.90 Å². The third-order valence-electron chi connectivity index (χ3n) is 3.96. The smallest absolute Gasteiger partial charge is 0.287 e. The standard InChI is InChI=1S/C14H13BrClFN4O2/c1-7-3-2-4-20(6-7)13-8-5-9(21(22)23)10(15)11(17)12(8)18-14(16)19-13/h5,7H,2-4,6H2,1H3/t7-/m1/s1. The van der Waals surface area contributed by atoms with Crippen LogP contribution in [0, 0.1) is 21.8 Å². The van der Waals surface area contributed by atoms with Gasteiger partial charge in [0.05, 0.1) is 10.3 Å². The predicted molar refractivity (Wildman–Crippen MR) is 89.5 cm³/mol. The van der Waals surface area contributed by atoms with Crippen molar-refractivity contribution in [3.63, 3.8) is 0 Å². The average molecular weight is 404 g/mol. The first kappa shape index (κ1) is 16.3. The van der Waals surface area contributed by atoms with Crippen LogP contribution >= 0.6 is 27.5 Å². The largest absolute Gasteiger partial charge is 0.356 e. The van der Waals surface area contributed by atoms with Crippen molar-refractivity contribution in [1.82, 2.24) is 9.97 Å².